The number of methoxy groups -OCH3 is 1. The Kier molecular flexibility index (Phi) is 2.77. The summed E-state index contributed by atoms with van der Waals surface area (Å²) in [5, 5.41) is 10.5. The van der Waals surface area contributed by atoms with Crippen LogP contribution in [0.4, 0.5) is 0 Å². The van der Waals surface area contributed by atoms with E-state index < -0.39 is 11.5 Å². The van der Waals surface area contributed by atoms with Gasteiger partial charge in [-0.2, -0.15) is 0 Å². The highest BCUT2D eigenvalue weighted by Crippen LogP contribution is 2.50. The summed E-state index contributed by atoms with van der Waals surface area (Å²) < 4.78 is 6.76. The van der Waals surface area contributed by atoms with Gasteiger partial charge in [-0.25, -0.2) is 4.79 Å². The average Bonchev–Trinajstić information content (AvgIpc) is 3.07. The zero-order valence-corrected chi connectivity index (χ0v) is 12.6. The Balaban J connectivity index is 1.98. The van der Waals surface area contributed by atoms with Crippen molar-refractivity contribution in [3.05, 3.63) is 29.1 Å². The maximum Gasteiger partial charge on any atom is 0.345 e. The van der Waals surface area contributed by atoms with Crippen molar-refractivity contribution < 1.29 is 19.4 Å². The van der Waals surface area contributed by atoms with Gasteiger partial charge >= 0.3 is 5.97 Å². The number of hydrogen-bond acceptors (Lipinski definition) is 4. The molecule has 1 aromatic heterocycles. The van der Waals surface area contributed by atoms with E-state index in [0.717, 1.165) is 44.2 Å². The van der Waals surface area contributed by atoms with Gasteiger partial charge in [0.1, 0.15) is 11.1 Å². The third kappa shape index (κ3) is 1.59. The number of hydrogen-bond donors (Lipinski definition) is 1. The van der Waals surface area contributed by atoms with Crippen LogP contribution in [0.15, 0.2) is 17.7 Å². The lowest BCUT2D eigenvalue weighted by atomic mass is 9.82. The van der Waals surface area contributed by atoms with Crippen LogP contribution in [0.2, 0.25) is 0 Å². The highest BCUT2D eigenvalue weighted by molar-refractivity contribution is 6.25. The molecule has 116 valence electrons. The van der Waals surface area contributed by atoms with Crippen molar-refractivity contribution >= 4 is 17.5 Å². The summed E-state index contributed by atoms with van der Waals surface area (Å²) in [7, 11) is 1.24. The summed E-state index contributed by atoms with van der Waals surface area (Å²) in [6, 6.07) is 3.83. The Morgan fingerprint density at radius 2 is 2.00 bits per heavy atom. The van der Waals surface area contributed by atoms with Crippen molar-refractivity contribution in [3.8, 4) is 0 Å². The fourth-order valence-corrected chi connectivity index (χ4v) is 4.08. The molecule has 2 aliphatic carbocycles. The number of ketones is 1. The Bertz CT molecular complexity index is 702. The summed E-state index contributed by atoms with van der Waals surface area (Å²) in [5.41, 5.74) is 0.828. The fraction of sp³-hybridized carbons (Fsp3) is 0.529. The van der Waals surface area contributed by atoms with Crippen LogP contribution >= 0.6 is 0 Å². The molecule has 0 bridgehead atoms. The number of carbonyl (C=O) groups is 2. The number of Topliss-reactive ketones (excluding diaryl/α,β-unsaturated/α-hetero) is 1. The number of ether oxygens (including phenoxy) is 1. The highest BCUT2D eigenvalue weighted by atomic mass is 16.5. The molecule has 4 rings (SSSR count). The minimum atomic E-state index is -0.741. The quantitative estimate of drug-likeness (QED) is 0.673. The second-order valence-electron chi connectivity index (χ2n) is 6.54. The van der Waals surface area contributed by atoms with Gasteiger partial charge in [-0.05, 0) is 43.7 Å². The van der Waals surface area contributed by atoms with Crippen LogP contribution in [0.1, 0.15) is 55.8 Å². The van der Waals surface area contributed by atoms with Crippen LogP contribution in [-0.2, 0) is 19.9 Å². The van der Waals surface area contributed by atoms with E-state index in [1.165, 1.54) is 7.11 Å². The number of aliphatic hydroxyl groups is 1. The molecule has 0 radical (unpaired) electrons. The second-order valence-corrected chi connectivity index (χ2v) is 6.54. The minimum Gasteiger partial charge on any atom is -0.505 e. The molecule has 1 aliphatic heterocycles. The molecule has 0 saturated heterocycles. The highest BCUT2D eigenvalue weighted by Gasteiger charge is 2.52. The van der Waals surface area contributed by atoms with Crippen LogP contribution in [0.3, 0.4) is 0 Å². The molecule has 2 fully saturated rings. The molecule has 2 heterocycles. The van der Waals surface area contributed by atoms with Gasteiger partial charge in [-0.3, -0.25) is 4.79 Å². The van der Waals surface area contributed by atoms with Gasteiger partial charge in [-0.15, -0.1) is 0 Å². The molecule has 0 unspecified atom stereocenters. The first-order valence-corrected chi connectivity index (χ1v) is 7.89. The average molecular weight is 301 g/mol. The third-order valence-electron chi connectivity index (χ3n) is 5.28. The summed E-state index contributed by atoms with van der Waals surface area (Å²) in [4.78, 5) is 25.1. The van der Waals surface area contributed by atoms with Crippen LogP contribution < -0.4 is 0 Å². The fourth-order valence-electron chi connectivity index (χ4n) is 4.08. The SMILES string of the molecule is COC(=O)C1=C(O)c2ccc(C3CC3)n2C2(CCCC2)C1=O. The maximum absolute atomic E-state index is 13.1. The van der Waals surface area contributed by atoms with Crippen LogP contribution in [0.5, 0.6) is 0 Å². The van der Waals surface area contributed by atoms with Gasteiger partial charge in [-0.1, -0.05) is 12.8 Å². The van der Waals surface area contributed by atoms with E-state index in [2.05, 4.69) is 0 Å². The van der Waals surface area contributed by atoms with Crippen molar-refractivity contribution in [2.24, 2.45) is 0 Å². The van der Waals surface area contributed by atoms with Gasteiger partial charge in [0.05, 0.1) is 12.8 Å². The van der Waals surface area contributed by atoms with Crippen molar-refractivity contribution in [2.45, 2.75) is 50.0 Å². The van der Waals surface area contributed by atoms with Gasteiger partial charge in [0.15, 0.2) is 11.5 Å². The first-order valence-electron chi connectivity index (χ1n) is 7.89. The topological polar surface area (TPSA) is 68.5 Å². The zero-order chi connectivity index (χ0) is 15.5. The zero-order valence-electron chi connectivity index (χ0n) is 12.6. The van der Waals surface area contributed by atoms with E-state index in [9.17, 15) is 14.7 Å². The van der Waals surface area contributed by atoms with Gasteiger partial charge < -0.3 is 14.4 Å². The molecule has 2 saturated carbocycles. The lowest BCUT2D eigenvalue weighted by molar-refractivity contribution is -0.139. The molecule has 1 aromatic rings. The summed E-state index contributed by atoms with van der Waals surface area (Å²) in [6.45, 7) is 0. The van der Waals surface area contributed by atoms with E-state index >= 15 is 0 Å². The molecule has 22 heavy (non-hydrogen) atoms. The predicted octanol–water partition coefficient (Wildman–Crippen LogP) is 2.66. The first kappa shape index (κ1) is 13.6. The van der Waals surface area contributed by atoms with E-state index in [4.69, 9.17) is 4.74 Å². The maximum atomic E-state index is 13.1. The second kappa shape index (κ2) is 4.48. The Labute approximate surface area is 128 Å². The van der Waals surface area contributed by atoms with Crippen molar-refractivity contribution in [1.82, 2.24) is 4.57 Å². The molecular weight excluding hydrogens is 282 g/mol. The molecular formula is C17H19NO4. The molecule has 0 aromatic carbocycles. The van der Waals surface area contributed by atoms with Crippen LogP contribution in [0.25, 0.3) is 5.76 Å². The van der Waals surface area contributed by atoms with Gasteiger partial charge in [0.25, 0.3) is 0 Å². The lowest BCUT2D eigenvalue weighted by Gasteiger charge is -2.37. The Hall–Kier alpha value is -2.04. The van der Waals surface area contributed by atoms with Crippen molar-refractivity contribution in [3.63, 3.8) is 0 Å². The standard InChI is InChI=1S/C17H19NO4/c1-22-16(21)13-14(19)12-7-6-11(10-4-5-10)18(12)17(15(13)20)8-2-3-9-17/h6-7,10,19H,2-5,8-9H2,1H3. The molecule has 1 N–H and O–H groups in total. The molecule has 3 aliphatic rings. The minimum absolute atomic E-state index is 0.183. The van der Waals surface area contributed by atoms with Crippen LogP contribution in [-0.4, -0.2) is 28.5 Å². The molecule has 5 heteroatoms. The number of carbonyl (C=O) groups excluding carboxylic acids is 2. The molecule has 0 atom stereocenters. The number of nitrogens with zero attached hydrogens (tertiary/aromatic N) is 1. The van der Waals surface area contributed by atoms with Gasteiger partial charge in [0, 0.05) is 5.69 Å². The summed E-state index contributed by atoms with van der Waals surface area (Å²) >= 11 is 0. The van der Waals surface area contributed by atoms with E-state index in [1.807, 2.05) is 16.7 Å². The van der Waals surface area contributed by atoms with E-state index in [1.54, 1.807) is 0 Å². The molecule has 1 spiro atoms. The monoisotopic (exact) mass is 301 g/mol. The Morgan fingerprint density at radius 1 is 1.32 bits per heavy atom. The van der Waals surface area contributed by atoms with Crippen molar-refractivity contribution in [1.29, 1.82) is 0 Å². The van der Waals surface area contributed by atoms with Crippen LogP contribution in [0, 0.1) is 0 Å². The van der Waals surface area contributed by atoms with Gasteiger partial charge in [0.2, 0.25) is 0 Å². The number of aliphatic hydroxyl groups excluding tert-OH is 1. The van der Waals surface area contributed by atoms with E-state index in [0.29, 0.717) is 11.6 Å². The number of esters is 1. The normalized spacial score (nSPS) is 23.0. The third-order valence-corrected chi connectivity index (χ3v) is 5.28. The first-order chi connectivity index (χ1) is 10.6. The number of rotatable bonds is 2. The lowest BCUT2D eigenvalue weighted by Crippen LogP contribution is -2.46. The largest absolute Gasteiger partial charge is 0.505 e. The van der Waals surface area contributed by atoms with Crippen molar-refractivity contribution in [2.75, 3.05) is 7.11 Å². The predicted molar refractivity (Wildman–Crippen MR) is 79.4 cm³/mol. The summed E-state index contributed by atoms with van der Waals surface area (Å²) in [5.74, 6) is -0.776. The number of aromatic nitrogens is 1. The Morgan fingerprint density at radius 3 is 2.59 bits per heavy atom. The smallest absolute Gasteiger partial charge is 0.345 e. The molecule has 0 amide bonds. The van der Waals surface area contributed by atoms with E-state index in [-0.39, 0.29) is 17.1 Å². The number of fused-ring (bicyclic) bond motifs is 2. The summed E-state index contributed by atoms with van der Waals surface area (Å²) in [6.07, 6.45) is 5.62. The molecule has 5 nitrogen and oxygen atoms in total.